The van der Waals surface area contributed by atoms with E-state index in [1.165, 1.54) is 0 Å². The minimum absolute atomic E-state index is 0.190. The normalized spacial score (nSPS) is 38.5. The molecule has 0 amide bonds. The highest BCUT2D eigenvalue weighted by Gasteiger charge is 2.38. The molecule has 1 aliphatic carbocycles. The summed E-state index contributed by atoms with van der Waals surface area (Å²) in [6.45, 7) is 2.90. The molecular formula is C13H23NO3. The Bertz CT molecular complexity index is 282. The van der Waals surface area contributed by atoms with Crippen LogP contribution < -0.4 is 0 Å². The molecule has 1 aliphatic heterocycles. The Morgan fingerprint density at radius 1 is 1.24 bits per heavy atom. The van der Waals surface area contributed by atoms with E-state index in [0.717, 1.165) is 38.7 Å². The third-order valence-electron chi connectivity index (χ3n) is 4.43. The zero-order valence-corrected chi connectivity index (χ0v) is 10.8. The van der Waals surface area contributed by atoms with E-state index in [2.05, 4.69) is 18.9 Å². The average molecular weight is 241 g/mol. The fourth-order valence-electron chi connectivity index (χ4n) is 3.39. The first-order chi connectivity index (χ1) is 8.11. The number of rotatable bonds is 3. The van der Waals surface area contributed by atoms with Gasteiger partial charge in [-0.05, 0) is 33.2 Å². The lowest BCUT2D eigenvalue weighted by molar-refractivity contribution is -0.146. The number of likely N-dealkylation sites (N-methyl/N-ethyl adjacent to an activating group) is 1. The summed E-state index contributed by atoms with van der Waals surface area (Å²) in [6.07, 6.45) is 5.30. The Hall–Kier alpha value is -0.610. The second-order valence-electron chi connectivity index (χ2n) is 5.39. The van der Waals surface area contributed by atoms with Crippen LogP contribution in [0.1, 0.15) is 39.0 Å². The Balaban J connectivity index is 2.05. The molecular weight excluding hydrogens is 218 g/mol. The number of ether oxygens (including phenoxy) is 1. The van der Waals surface area contributed by atoms with Crippen molar-refractivity contribution in [1.29, 1.82) is 0 Å². The number of carbonyl (C=O) groups is 1. The van der Waals surface area contributed by atoms with E-state index < -0.39 is 5.97 Å². The molecule has 0 aromatic heterocycles. The van der Waals surface area contributed by atoms with Gasteiger partial charge in [-0.3, -0.25) is 9.69 Å². The summed E-state index contributed by atoms with van der Waals surface area (Å²) in [5.74, 6) is -0.824. The van der Waals surface area contributed by atoms with E-state index in [9.17, 15) is 9.90 Å². The Morgan fingerprint density at radius 2 is 1.94 bits per heavy atom. The van der Waals surface area contributed by atoms with Crippen LogP contribution in [0.4, 0.5) is 0 Å². The molecule has 4 unspecified atom stereocenters. The second kappa shape index (κ2) is 5.36. The minimum atomic E-state index is -0.631. The quantitative estimate of drug-likeness (QED) is 0.817. The van der Waals surface area contributed by atoms with Crippen LogP contribution in [0.2, 0.25) is 0 Å². The lowest BCUT2D eigenvalue weighted by Crippen LogP contribution is -2.50. The van der Waals surface area contributed by atoms with Gasteiger partial charge in [0.2, 0.25) is 0 Å². The van der Waals surface area contributed by atoms with Crippen LogP contribution in [0.3, 0.4) is 0 Å². The summed E-state index contributed by atoms with van der Waals surface area (Å²) in [5, 5.41) is 9.31. The molecule has 4 nitrogen and oxygen atoms in total. The fraction of sp³-hybridized carbons (Fsp3) is 0.923. The summed E-state index contributed by atoms with van der Waals surface area (Å²) in [6, 6.07) is 0.579. The van der Waals surface area contributed by atoms with Crippen LogP contribution in [-0.4, -0.2) is 47.8 Å². The molecule has 0 bridgehead atoms. The molecule has 0 aromatic rings. The highest BCUT2D eigenvalue weighted by molar-refractivity contribution is 5.71. The van der Waals surface area contributed by atoms with Crippen molar-refractivity contribution >= 4 is 5.97 Å². The van der Waals surface area contributed by atoms with Crippen molar-refractivity contribution in [2.24, 2.45) is 5.92 Å². The second-order valence-corrected chi connectivity index (χ2v) is 5.39. The van der Waals surface area contributed by atoms with E-state index in [1.54, 1.807) is 0 Å². The fourth-order valence-corrected chi connectivity index (χ4v) is 3.39. The summed E-state index contributed by atoms with van der Waals surface area (Å²) in [5.41, 5.74) is 0. The van der Waals surface area contributed by atoms with Crippen LogP contribution in [-0.2, 0) is 9.53 Å². The molecule has 1 heterocycles. The molecule has 0 spiro atoms. The van der Waals surface area contributed by atoms with E-state index in [0.29, 0.717) is 6.04 Å². The Morgan fingerprint density at radius 3 is 2.53 bits per heavy atom. The van der Waals surface area contributed by atoms with Crippen LogP contribution >= 0.6 is 0 Å². The summed E-state index contributed by atoms with van der Waals surface area (Å²) >= 11 is 0. The van der Waals surface area contributed by atoms with Gasteiger partial charge in [0.05, 0.1) is 12.0 Å². The number of hydrogen-bond donors (Lipinski definition) is 1. The molecule has 98 valence electrons. The molecule has 0 aromatic carbocycles. The van der Waals surface area contributed by atoms with Gasteiger partial charge in [-0.25, -0.2) is 0 Å². The molecule has 1 saturated heterocycles. The van der Waals surface area contributed by atoms with Crippen molar-refractivity contribution in [3.63, 3.8) is 0 Å². The van der Waals surface area contributed by atoms with Gasteiger partial charge in [0, 0.05) is 18.7 Å². The SMILES string of the molecule is CC1OCCC1N(C)C1CCCCC1C(=O)O. The van der Waals surface area contributed by atoms with Crippen molar-refractivity contribution in [2.45, 2.75) is 57.2 Å². The molecule has 0 radical (unpaired) electrons. The maximum atomic E-state index is 11.3. The van der Waals surface area contributed by atoms with Crippen molar-refractivity contribution in [3.05, 3.63) is 0 Å². The molecule has 4 heteroatoms. The topological polar surface area (TPSA) is 49.8 Å². The molecule has 1 saturated carbocycles. The van der Waals surface area contributed by atoms with Crippen molar-refractivity contribution in [2.75, 3.05) is 13.7 Å². The summed E-state index contributed by atoms with van der Waals surface area (Å²) in [4.78, 5) is 13.6. The number of nitrogens with zero attached hydrogens (tertiary/aromatic N) is 1. The van der Waals surface area contributed by atoms with Crippen LogP contribution in [0.15, 0.2) is 0 Å². The van der Waals surface area contributed by atoms with Gasteiger partial charge in [0.25, 0.3) is 0 Å². The molecule has 17 heavy (non-hydrogen) atoms. The molecule has 2 fully saturated rings. The molecule has 4 atom stereocenters. The van der Waals surface area contributed by atoms with Crippen molar-refractivity contribution in [1.82, 2.24) is 4.90 Å². The smallest absolute Gasteiger partial charge is 0.308 e. The van der Waals surface area contributed by atoms with Gasteiger partial charge < -0.3 is 9.84 Å². The van der Waals surface area contributed by atoms with E-state index in [1.807, 2.05) is 0 Å². The number of carboxylic acid groups (broad SMARTS) is 1. The van der Waals surface area contributed by atoms with Gasteiger partial charge in [0.1, 0.15) is 0 Å². The average Bonchev–Trinajstić information content (AvgIpc) is 2.74. The maximum absolute atomic E-state index is 11.3. The molecule has 2 aliphatic rings. The van der Waals surface area contributed by atoms with E-state index >= 15 is 0 Å². The largest absolute Gasteiger partial charge is 0.481 e. The van der Waals surface area contributed by atoms with Gasteiger partial charge in [-0.1, -0.05) is 12.8 Å². The first-order valence-electron chi connectivity index (χ1n) is 6.67. The third kappa shape index (κ3) is 2.63. The monoisotopic (exact) mass is 241 g/mol. The number of aliphatic carboxylic acids is 1. The van der Waals surface area contributed by atoms with Gasteiger partial charge >= 0.3 is 5.97 Å². The molecule has 1 N–H and O–H groups in total. The number of carboxylic acids is 1. The van der Waals surface area contributed by atoms with E-state index in [4.69, 9.17) is 4.74 Å². The Labute approximate surface area is 103 Å². The first-order valence-corrected chi connectivity index (χ1v) is 6.67. The predicted octanol–water partition coefficient (Wildman–Crippen LogP) is 1.74. The zero-order chi connectivity index (χ0) is 12.4. The van der Waals surface area contributed by atoms with Gasteiger partial charge in [-0.2, -0.15) is 0 Å². The van der Waals surface area contributed by atoms with E-state index in [-0.39, 0.29) is 18.1 Å². The van der Waals surface area contributed by atoms with Gasteiger partial charge in [-0.15, -0.1) is 0 Å². The van der Waals surface area contributed by atoms with Crippen LogP contribution in [0, 0.1) is 5.92 Å². The highest BCUT2D eigenvalue weighted by atomic mass is 16.5. The van der Waals surface area contributed by atoms with Crippen LogP contribution in [0.25, 0.3) is 0 Å². The van der Waals surface area contributed by atoms with Crippen LogP contribution in [0.5, 0.6) is 0 Å². The van der Waals surface area contributed by atoms with Crippen molar-refractivity contribution < 1.29 is 14.6 Å². The summed E-state index contributed by atoms with van der Waals surface area (Å²) < 4.78 is 5.58. The predicted molar refractivity (Wildman–Crippen MR) is 65.0 cm³/mol. The minimum Gasteiger partial charge on any atom is -0.481 e. The summed E-state index contributed by atoms with van der Waals surface area (Å²) in [7, 11) is 2.07. The Kier molecular flexibility index (Phi) is 4.05. The zero-order valence-electron chi connectivity index (χ0n) is 10.8. The lowest BCUT2D eigenvalue weighted by atomic mass is 9.83. The third-order valence-corrected chi connectivity index (χ3v) is 4.43. The standard InChI is InChI=1S/C13H23NO3/c1-9-11(7-8-17-9)14(2)12-6-4-3-5-10(12)13(15)16/h9-12H,3-8H2,1-2H3,(H,15,16). The number of hydrogen-bond acceptors (Lipinski definition) is 3. The maximum Gasteiger partial charge on any atom is 0.308 e. The van der Waals surface area contributed by atoms with Gasteiger partial charge in [0.15, 0.2) is 0 Å². The van der Waals surface area contributed by atoms with Crippen molar-refractivity contribution in [3.8, 4) is 0 Å². The molecule has 2 rings (SSSR count). The first kappa shape index (κ1) is 12.8. The highest BCUT2D eigenvalue weighted by Crippen LogP contribution is 2.31. The lowest BCUT2D eigenvalue weighted by Gasteiger charge is -2.40.